The van der Waals surface area contributed by atoms with Gasteiger partial charge in [-0.05, 0) is 5.41 Å². The number of amides is 1. The summed E-state index contributed by atoms with van der Waals surface area (Å²) < 4.78 is 17.7. The topological polar surface area (TPSA) is 99.2 Å². The molecule has 0 rings (SSSR count). The summed E-state index contributed by atoms with van der Waals surface area (Å²) in [4.78, 5) is 50.3. The summed E-state index contributed by atoms with van der Waals surface area (Å²) in [6, 6.07) is 0. The summed E-state index contributed by atoms with van der Waals surface area (Å²) in [5.41, 5.74) is -1.18. The summed E-state index contributed by atoms with van der Waals surface area (Å²) in [6.07, 6.45) is 2.08. The van der Waals surface area contributed by atoms with E-state index in [1.54, 1.807) is 11.9 Å². The van der Waals surface area contributed by atoms with Gasteiger partial charge in [-0.1, -0.05) is 48.5 Å². The van der Waals surface area contributed by atoms with Crippen LogP contribution in [0.15, 0.2) is 0 Å². The average Bonchev–Trinajstić information content (AvgIpc) is 2.79. The molecule has 204 valence electrons. The molecule has 1 amide bonds. The molecule has 0 bridgehead atoms. The Balaban J connectivity index is 5.62. The molecule has 0 fully saturated rings. The number of hydrogen-bond donors (Lipinski definition) is 0. The van der Waals surface area contributed by atoms with Gasteiger partial charge in [0, 0.05) is 51.5 Å². The van der Waals surface area contributed by atoms with E-state index in [0.717, 1.165) is 0 Å². The molecule has 0 unspecified atom stereocenters. The first-order chi connectivity index (χ1) is 16.3. The van der Waals surface area contributed by atoms with Gasteiger partial charge >= 0.3 is 0 Å². The third kappa shape index (κ3) is 14.5. The summed E-state index contributed by atoms with van der Waals surface area (Å²) >= 11 is 0. The van der Waals surface area contributed by atoms with Crippen molar-refractivity contribution in [2.75, 3.05) is 46.7 Å². The Hall–Kier alpha value is -1.64. The lowest BCUT2D eigenvalue weighted by Gasteiger charge is -2.42. The van der Waals surface area contributed by atoms with Gasteiger partial charge in [-0.15, -0.1) is 0 Å². The molecule has 0 atom stereocenters. The molecule has 0 N–H and O–H groups in total. The molecule has 8 heteroatoms. The van der Waals surface area contributed by atoms with E-state index in [-0.39, 0.29) is 80.7 Å². The first-order valence-electron chi connectivity index (χ1n) is 12.8. The minimum Gasteiger partial charge on any atom is -0.378 e. The van der Waals surface area contributed by atoms with Crippen molar-refractivity contribution in [3.8, 4) is 0 Å². The van der Waals surface area contributed by atoms with Gasteiger partial charge in [0.25, 0.3) is 0 Å². The zero-order valence-corrected chi connectivity index (χ0v) is 23.4. The second kappa shape index (κ2) is 16.9. The van der Waals surface area contributed by atoms with Gasteiger partial charge in [0.05, 0.1) is 39.6 Å². The largest absolute Gasteiger partial charge is 0.378 e. The third-order valence-corrected chi connectivity index (χ3v) is 5.86. The molecule has 8 nitrogen and oxygen atoms in total. The lowest BCUT2D eigenvalue weighted by atomic mass is 9.90. The Kier molecular flexibility index (Phi) is 16.1. The van der Waals surface area contributed by atoms with Crippen molar-refractivity contribution in [2.24, 2.45) is 11.3 Å². The van der Waals surface area contributed by atoms with Crippen molar-refractivity contribution < 1.29 is 33.4 Å². The SMILES string of the molecule is CCC(=O)CCOCC(COCCC(=O)CC)(COCCC(=O)C(C)C)N(C)C(=O)CC(C)(C)C. The highest BCUT2D eigenvalue weighted by molar-refractivity contribution is 5.80. The van der Waals surface area contributed by atoms with Crippen LogP contribution in [0.4, 0.5) is 0 Å². The lowest BCUT2D eigenvalue weighted by molar-refractivity contribution is -0.152. The molecule has 0 spiro atoms. The van der Waals surface area contributed by atoms with Crippen molar-refractivity contribution in [2.45, 2.75) is 92.5 Å². The van der Waals surface area contributed by atoms with Crippen molar-refractivity contribution in [1.29, 1.82) is 0 Å². The number of likely N-dealkylation sites (N-methyl/N-ethyl adjacent to an activating group) is 1. The molecule has 0 aromatic carbocycles. The Bertz CT molecular complexity index is 643. The van der Waals surface area contributed by atoms with E-state index < -0.39 is 5.54 Å². The number of ketones is 3. The van der Waals surface area contributed by atoms with Crippen molar-refractivity contribution in [3.63, 3.8) is 0 Å². The molecular formula is C27H49NO7. The Morgan fingerprint density at radius 3 is 1.49 bits per heavy atom. The smallest absolute Gasteiger partial charge is 0.223 e. The summed E-state index contributed by atoms with van der Waals surface area (Å²) in [6.45, 7) is 14.3. The van der Waals surface area contributed by atoms with Crippen molar-refractivity contribution in [3.05, 3.63) is 0 Å². The van der Waals surface area contributed by atoms with E-state index in [1.165, 1.54) is 0 Å². The maximum atomic E-state index is 13.2. The molecule has 0 aromatic rings. The van der Waals surface area contributed by atoms with Gasteiger partial charge in [-0.25, -0.2) is 0 Å². The van der Waals surface area contributed by atoms with Crippen LogP contribution >= 0.6 is 0 Å². The summed E-state index contributed by atoms with van der Waals surface area (Å²) in [7, 11) is 1.71. The molecule has 0 saturated heterocycles. The molecule has 0 aromatic heterocycles. The molecule has 0 aliphatic heterocycles. The van der Waals surface area contributed by atoms with Gasteiger partial charge in [0.2, 0.25) is 5.91 Å². The number of rotatable bonds is 20. The summed E-state index contributed by atoms with van der Waals surface area (Å²) in [5.74, 6) is 0.159. The maximum absolute atomic E-state index is 13.2. The molecule has 0 heterocycles. The predicted octanol–water partition coefficient (Wildman–Crippen LogP) is 4.02. The first-order valence-corrected chi connectivity index (χ1v) is 12.8. The highest BCUT2D eigenvalue weighted by Gasteiger charge is 2.40. The van der Waals surface area contributed by atoms with Crippen LogP contribution in [-0.4, -0.2) is 80.4 Å². The van der Waals surface area contributed by atoms with Crippen LogP contribution in [0, 0.1) is 11.3 Å². The second-order valence-corrected chi connectivity index (χ2v) is 10.7. The van der Waals surface area contributed by atoms with Gasteiger partial charge in [0.1, 0.15) is 22.9 Å². The number of nitrogens with zero attached hydrogens (tertiary/aromatic N) is 1. The summed E-state index contributed by atoms with van der Waals surface area (Å²) in [5, 5.41) is 0. The Labute approximate surface area is 212 Å². The van der Waals surface area contributed by atoms with E-state index in [9.17, 15) is 19.2 Å². The standard InChI is InChI=1S/C27H49NO7/c1-9-22(29)11-14-33-18-27(19-34-15-12-23(30)10-2,20-35-16-13-24(31)21(3)4)28(8)25(32)17-26(5,6)7/h21H,9-20H2,1-8H3. The van der Waals surface area contributed by atoms with Crippen LogP contribution in [-0.2, 0) is 33.4 Å². The quantitative estimate of drug-likeness (QED) is 0.233. The Morgan fingerprint density at radius 2 is 1.14 bits per heavy atom. The van der Waals surface area contributed by atoms with E-state index in [4.69, 9.17) is 14.2 Å². The van der Waals surface area contributed by atoms with E-state index >= 15 is 0 Å². The first kappa shape index (κ1) is 33.4. The van der Waals surface area contributed by atoms with Crippen LogP contribution in [0.3, 0.4) is 0 Å². The van der Waals surface area contributed by atoms with Gasteiger partial charge in [-0.3, -0.25) is 19.2 Å². The molecular weight excluding hydrogens is 450 g/mol. The van der Waals surface area contributed by atoms with Crippen LogP contribution in [0.1, 0.15) is 87.0 Å². The van der Waals surface area contributed by atoms with Crippen molar-refractivity contribution >= 4 is 23.3 Å². The Morgan fingerprint density at radius 1 is 0.743 bits per heavy atom. The minimum absolute atomic E-state index is 0.0710. The normalized spacial score (nSPS) is 12.1. The zero-order chi connectivity index (χ0) is 27.1. The van der Waals surface area contributed by atoms with E-state index in [2.05, 4.69) is 0 Å². The number of ether oxygens (including phenoxy) is 3. The zero-order valence-electron chi connectivity index (χ0n) is 23.4. The van der Waals surface area contributed by atoms with Crippen LogP contribution in [0.5, 0.6) is 0 Å². The number of carbonyl (C=O) groups excluding carboxylic acids is 4. The fraction of sp³-hybridized carbons (Fsp3) is 0.852. The molecule has 0 aliphatic rings. The highest BCUT2D eigenvalue weighted by atomic mass is 16.5. The molecule has 0 saturated carbocycles. The van der Waals surface area contributed by atoms with Gasteiger partial charge < -0.3 is 19.1 Å². The number of carbonyl (C=O) groups is 4. The average molecular weight is 500 g/mol. The van der Waals surface area contributed by atoms with Gasteiger partial charge in [0.15, 0.2) is 0 Å². The van der Waals surface area contributed by atoms with Crippen LogP contribution < -0.4 is 0 Å². The molecule has 35 heavy (non-hydrogen) atoms. The lowest BCUT2D eigenvalue weighted by Crippen LogP contribution is -2.59. The van der Waals surface area contributed by atoms with E-state index in [1.807, 2.05) is 48.5 Å². The number of Topliss-reactive ketones (excluding diaryl/α,β-unsaturated/α-hetero) is 3. The fourth-order valence-electron chi connectivity index (χ4n) is 3.23. The van der Waals surface area contributed by atoms with Gasteiger partial charge in [-0.2, -0.15) is 0 Å². The van der Waals surface area contributed by atoms with Crippen LogP contribution in [0.2, 0.25) is 0 Å². The van der Waals surface area contributed by atoms with Crippen LogP contribution in [0.25, 0.3) is 0 Å². The van der Waals surface area contributed by atoms with Crippen molar-refractivity contribution in [1.82, 2.24) is 4.90 Å². The van der Waals surface area contributed by atoms with E-state index in [0.29, 0.717) is 32.1 Å². The second-order valence-electron chi connectivity index (χ2n) is 10.7. The third-order valence-electron chi connectivity index (χ3n) is 5.86. The number of hydrogen-bond acceptors (Lipinski definition) is 7. The molecule has 0 aliphatic carbocycles. The maximum Gasteiger partial charge on any atom is 0.223 e. The highest BCUT2D eigenvalue weighted by Crippen LogP contribution is 2.25. The fourth-order valence-corrected chi connectivity index (χ4v) is 3.23. The monoisotopic (exact) mass is 499 g/mol. The predicted molar refractivity (Wildman–Crippen MR) is 136 cm³/mol. The molecule has 0 radical (unpaired) electrons. The minimum atomic E-state index is -0.965.